The average molecular weight is 360 g/mol. The van der Waals surface area contributed by atoms with E-state index >= 15 is 0 Å². The van der Waals surface area contributed by atoms with Gasteiger partial charge in [0.25, 0.3) is 5.91 Å². The molecule has 0 bridgehead atoms. The molecular weight excluding hydrogens is 334 g/mol. The molecule has 0 aliphatic carbocycles. The van der Waals surface area contributed by atoms with Gasteiger partial charge in [-0.3, -0.25) is 4.79 Å². The molecule has 0 spiro atoms. The van der Waals surface area contributed by atoms with E-state index < -0.39 is 21.8 Å². The first-order chi connectivity index (χ1) is 11.0. The van der Waals surface area contributed by atoms with Crippen molar-refractivity contribution in [3.8, 4) is 0 Å². The summed E-state index contributed by atoms with van der Waals surface area (Å²) in [6.45, 7) is 13.2. The number of anilines is 1. The fourth-order valence-electron chi connectivity index (χ4n) is 2.63. The fraction of sp³-hybridized carbons (Fsp3) is 0.353. The maximum Gasteiger partial charge on any atom is 0.346 e. The lowest BCUT2D eigenvalue weighted by Gasteiger charge is -2.28. The first kappa shape index (κ1) is 18.3. The molecule has 0 saturated heterocycles. The van der Waals surface area contributed by atoms with Crippen LogP contribution in [0.4, 0.5) is 5.82 Å². The van der Waals surface area contributed by atoms with Crippen LogP contribution in [-0.4, -0.2) is 32.0 Å². The number of hydrogen-bond donors (Lipinski definition) is 2. The lowest BCUT2D eigenvalue weighted by molar-refractivity contribution is 0.102. The van der Waals surface area contributed by atoms with Gasteiger partial charge in [0.2, 0.25) is 0 Å². The van der Waals surface area contributed by atoms with Gasteiger partial charge in [0.05, 0.1) is 16.1 Å². The summed E-state index contributed by atoms with van der Waals surface area (Å²) in [7, 11) is -3.63. The van der Waals surface area contributed by atoms with Gasteiger partial charge in [-0.2, -0.15) is 4.98 Å². The molecule has 128 valence electrons. The minimum Gasteiger partial charge on any atom is -0.314 e. The summed E-state index contributed by atoms with van der Waals surface area (Å²) < 4.78 is 0. The van der Waals surface area contributed by atoms with Gasteiger partial charge in [0, 0.05) is 10.9 Å². The van der Waals surface area contributed by atoms with E-state index in [9.17, 15) is 9.59 Å². The van der Waals surface area contributed by atoms with Crippen molar-refractivity contribution in [2.75, 3.05) is 5.32 Å². The summed E-state index contributed by atoms with van der Waals surface area (Å²) >= 11 is 0. The fourth-order valence-corrected chi connectivity index (χ4v) is 7.87. The number of rotatable bonds is 4. The molecule has 0 aliphatic heterocycles. The standard InChI is InChI=1S/C17H25N3O2Si2/c1-23(2,3)13-14(18-15(21)12-10-8-7-9-11-12)19-17(22)20-16(13)24(4,5)6/h7-11H,1-6H3,(H2,18,19,20,21,22). The van der Waals surface area contributed by atoms with Crippen LogP contribution < -0.4 is 21.5 Å². The summed E-state index contributed by atoms with van der Waals surface area (Å²) in [4.78, 5) is 31.7. The number of nitrogens with zero attached hydrogens (tertiary/aromatic N) is 1. The van der Waals surface area contributed by atoms with E-state index in [0.29, 0.717) is 11.4 Å². The normalized spacial score (nSPS) is 12.1. The monoisotopic (exact) mass is 359 g/mol. The Morgan fingerprint density at radius 1 is 1.00 bits per heavy atom. The largest absolute Gasteiger partial charge is 0.346 e. The van der Waals surface area contributed by atoms with E-state index in [-0.39, 0.29) is 5.91 Å². The molecule has 5 nitrogen and oxygen atoms in total. The van der Waals surface area contributed by atoms with Gasteiger partial charge in [-0.1, -0.05) is 57.5 Å². The highest BCUT2D eigenvalue weighted by Crippen LogP contribution is 2.11. The number of amides is 1. The topological polar surface area (TPSA) is 74.8 Å². The zero-order valence-electron chi connectivity index (χ0n) is 15.2. The molecule has 1 aromatic carbocycles. The Hall–Kier alpha value is -2.00. The third-order valence-electron chi connectivity index (χ3n) is 3.70. The van der Waals surface area contributed by atoms with Crippen molar-refractivity contribution in [2.24, 2.45) is 0 Å². The van der Waals surface area contributed by atoms with E-state index in [0.717, 1.165) is 10.5 Å². The molecule has 1 amide bonds. The van der Waals surface area contributed by atoms with Gasteiger partial charge in [0.15, 0.2) is 0 Å². The molecule has 0 radical (unpaired) electrons. The smallest absolute Gasteiger partial charge is 0.314 e. The lowest BCUT2D eigenvalue weighted by atomic mass is 10.2. The molecule has 0 unspecified atom stereocenters. The maximum absolute atomic E-state index is 12.5. The van der Waals surface area contributed by atoms with Crippen molar-refractivity contribution >= 4 is 38.4 Å². The van der Waals surface area contributed by atoms with Gasteiger partial charge in [0.1, 0.15) is 5.82 Å². The zero-order chi connectivity index (χ0) is 18.1. The summed E-state index contributed by atoms with van der Waals surface area (Å²) in [5.41, 5.74) is 0.147. The van der Waals surface area contributed by atoms with Crippen molar-refractivity contribution < 1.29 is 4.79 Å². The van der Waals surface area contributed by atoms with E-state index in [4.69, 9.17) is 0 Å². The van der Waals surface area contributed by atoms with Crippen LogP contribution in [0.5, 0.6) is 0 Å². The second-order valence-electron chi connectivity index (χ2n) is 7.96. The van der Waals surface area contributed by atoms with Crippen LogP contribution in [0.25, 0.3) is 0 Å². The summed E-state index contributed by atoms with van der Waals surface area (Å²) in [6, 6.07) is 8.98. The van der Waals surface area contributed by atoms with Crippen LogP contribution in [0.15, 0.2) is 35.1 Å². The first-order valence-corrected chi connectivity index (χ1v) is 15.0. The molecule has 1 aromatic heterocycles. The number of aromatic amines is 1. The molecule has 0 atom stereocenters. The summed E-state index contributed by atoms with van der Waals surface area (Å²) in [6.07, 6.45) is 0. The van der Waals surface area contributed by atoms with Crippen LogP contribution in [0, 0.1) is 0 Å². The Kier molecular flexibility index (Phi) is 4.96. The predicted octanol–water partition coefficient (Wildman–Crippen LogP) is 2.11. The second kappa shape index (κ2) is 6.48. The molecule has 24 heavy (non-hydrogen) atoms. The van der Waals surface area contributed by atoms with E-state index in [1.54, 1.807) is 12.1 Å². The third kappa shape index (κ3) is 4.09. The van der Waals surface area contributed by atoms with Crippen molar-refractivity contribution in [3.05, 3.63) is 46.4 Å². The minimum absolute atomic E-state index is 0.241. The van der Waals surface area contributed by atoms with Crippen LogP contribution in [-0.2, 0) is 0 Å². The maximum atomic E-state index is 12.5. The van der Waals surface area contributed by atoms with Crippen molar-refractivity contribution in [1.29, 1.82) is 0 Å². The van der Waals surface area contributed by atoms with Gasteiger partial charge < -0.3 is 10.3 Å². The summed E-state index contributed by atoms with van der Waals surface area (Å²) in [5.74, 6) is 0.180. The minimum atomic E-state index is -1.84. The number of H-pyrrole nitrogens is 1. The Balaban J connectivity index is 2.59. The Morgan fingerprint density at radius 2 is 1.58 bits per heavy atom. The van der Waals surface area contributed by atoms with Gasteiger partial charge >= 0.3 is 5.69 Å². The van der Waals surface area contributed by atoms with Crippen LogP contribution >= 0.6 is 0 Å². The molecular formula is C17H25N3O2Si2. The van der Waals surface area contributed by atoms with E-state index in [1.807, 2.05) is 18.2 Å². The van der Waals surface area contributed by atoms with Crippen molar-refractivity contribution in [2.45, 2.75) is 39.3 Å². The molecule has 2 N–H and O–H groups in total. The molecule has 2 aromatic rings. The molecule has 7 heteroatoms. The van der Waals surface area contributed by atoms with Crippen molar-refractivity contribution in [1.82, 2.24) is 9.97 Å². The van der Waals surface area contributed by atoms with E-state index in [2.05, 4.69) is 54.6 Å². The highest BCUT2D eigenvalue weighted by Gasteiger charge is 2.32. The summed E-state index contributed by atoms with van der Waals surface area (Å²) in [5, 5.41) is 4.91. The highest BCUT2D eigenvalue weighted by atomic mass is 28.3. The van der Waals surface area contributed by atoms with Gasteiger partial charge in [-0.25, -0.2) is 4.79 Å². The Bertz CT molecular complexity index is 803. The van der Waals surface area contributed by atoms with Gasteiger partial charge in [-0.05, 0) is 17.3 Å². The SMILES string of the molecule is C[Si](C)(C)c1[nH]c(=O)nc(NC(=O)c2ccccc2)c1[Si](C)(C)C. The number of carbonyl (C=O) groups excluding carboxylic acids is 1. The number of carbonyl (C=O) groups is 1. The molecule has 2 rings (SSSR count). The molecule has 0 aliphatic rings. The number of hydrogen-bond acceptors (Lipinski definition) is 3. The lowest BCUT2D eigenvalue weighted by Crippen LogP contribution is -2.61. The molecule has 0 saturated carbocycles. The molecule has 1 heterocycles. The number of benzene rings is 1. The van der Waals surface area contributed by atoms with Crippen LogP contribution in [0.3, 0.4) is 0 Å². The van der Waals surface area contributed by atoms with Crippen LogP contribution in [0.2, 0.25) is 39.3 Å². The Morgan fingerprint density at radius 3 is 2.08 bits per heavy atom. The first-order valence-electron chi connectivity index (χ1n) is 8.02. The van der Waals surface area contributed by atoms with Crippen LogP contribution in [0.1, 0.15) is 10.4 Å². The molecule has 0 fully saturated rings. The number of nitrogens with one attached hydrogen (secondary N) is 2. The van der Waals surface area contributed by atoms with Gasteiger partial charge in [-0.15, -0.1) is 0 Å². The van der Waals surface area contributed by atoms with Crippen molar-refractivity contribution in [3.63, 3.8) is 0 Å². The third-order valence-corrected chi connectivity index (χ3v) is 7.81. The Labute approximate surface area is 144 Å². The van der Waals surface area contributed by atoms with E-state index in [1.165, 1.54) is 0 Å². The zero-order valence-corrected chi connectivity index (χ0v) is 17.2. The number of aromatic nitrogens is 2. The average Bonchev–Trinajstić information content (AvgIpc) is 2.45. The predicted molar refractivity (Wildman–Crippen MR) is 105 cm³/mol. The second-order valence-corrected chi connectivity index (χ2v) is 18.0. The highest BCUT2D eigenvalue weighted by molar-refractivity contribution is 6.98. The quantitative estimate of drug-likeness (QED) is 0.821.